The van der Waals surface area contributed by atoms with E-state index in [1.165, 1.54) is 0 Å². The van der Waals surface area contributed by atoms with Crippen molar-refractivity contribution in [3.8, 4) is 5.88 Å². The number of alkyl halides is 3. The van der Waals surface area contributed by atoms with E-state index in [1.54, 1.807) is 0 Å². The summed E-state index contributed by atoms with van der Waals surface area (Å²) in [7, 11) is -2.81. The van der Waals surface area contributed by atoms with Crippen molar-refractivity contribution in [2.45, 2.75) is 6.18 Å². The molecule has 0 aliphatic carbocycles. The van der Waals surface area contributed by atoms with Crippen molar-refractivity contribution in [3.05, 3.63) is 34.4 Å². The molecule has 0 N–H and O–H groups in total. The third-order valence-electron chi connectivity index (χ3n) is 1.90. The van der Waals surface area contributed by atoms with Crippen molar-refractivity contribution in [2.75, 3.05) is 7.04 Å². The second kappa shape index (κ2) is 3.72. The Morgan fingerprint density at radius 1 is 1.47 bits per heavy atom. The van der Waals surface area contributed by atoms with Gasteiger partial charge in [-0.1, -0.05) is 0 Å². The van der Waals surface area contributed by atoms with Crippen LogP contribution < -0.4 is 10.3 Å². The van der Waals surface area contributed by atoms with Gasteiger partial charge in [-0.05, 0) is 0 Å². The van der Waals surface area contributed by atoms with Crippen molar-refractivity contribution in [1.29, 1.82) is 0 Å². The van der Waals surface area contributed by atoms with Crippen LogP contribution in [0.5, 0.6) is 5.88 Å². The summed E-state index contributed by atoms with van der Waals surface area (Å²) in [5, 5.41) is 0. The molecule has 0 saturated heterocycles. The van der Waals surface area contributed by atoms with Crippen LogP contribution in [0.3, 0.4) is 0 Å². The molecule has 0 atom stereocenters. The van der Waals surface area contributed by atoms with Crippen LogP contribution in [0.25, 0.3) is 5.78 Å². The largest absolute Gasteiger partial charge is 0.481 e. The number of rotatable bonds is 1. The van der Waals surface area contributed by atoms with E-state index in [2.05, 4.69) is 14.7 Å². The molecule has 0 aliphatic rings. The molecular formula is C9H6F3N3O2. The second-order valence-corrected chi connectivity index (χ2v) is 3.02. The van der Waals surface area contributed by atoms with Crippen LogP contribution in [0.4, 0.5) is 13.2 Å². The Bertz CT molecular complexity index is 711. The average Bonchev–Trinajstić information content (AvgIpc) is 2.24. The average molecular weight is 248 g/mol. The van der Waals surface area contributed by atoms with Gasteiger partial charge in [0.25, 0.3) is 5.56 Å². The Morgan fingerprint density at radius 3 is 2.88 bits per heavy atom. The van der Waals surface area contributed by atoms with Gasteiger partial charge in [0.05, 0.1) is 11.2 Å². The van der Waals surface area contributed by atoms with Crippen molar-refractivity contribution in [1.82, 2.24) is 14.4 Å². The lowest BCUT2D eigenvalue weighted by Gasteiger charge is -2.07. The Kier molecular flexibility index (Phi) is 1.76. The number of halogens is 3. The zero-order chi connectivity index (χ0) is 15.1. The number of methoxy groups -OCH3 is 1. The molecule has 0 aliphatic heterocycles. The number of nitrogens with zero attached hydrogens (tertiary/aromatic N) is 3. The summed E-state index contributed by atoms with van der Waals surface area (Å²) in [6.07, 6.45) is -3.78. The van der Waals surface area contributed by atoms with E-state index >= 15 is 0 Å². The molecule has 2 rings (SSSR count). The van der Waals surface area contributed by atoms with Gasteiger partial charge in [0.2, 0.25) is 11.7 Å². The van der Waals surface area contributed by atoms with Gasteiger partial charge in [-0.3, -0.25) is 9.20 Å². The monoisotopic (exact) mass is 248 g/mol. The van der Waals surface area contributed by atoms with Crippen LogP contribution in [0.15, 0.2) is 23.1 Å². The standard InChI is InChI=1S/C9H6F3N3O2/c1-17-6-2-3-15-7(16)4-5(9(10,11)12)13-8(15)14-6/h2-4H,1H3/i1D3. The molecule has 8 heteroatoms. The highest BCUT2D eigenvalue weighted by Crippen LogP contribution is 2.26. The molecule has 2 heterocycles. The van der Waals surface area contributed by atoms with Crippen molar-refractivity contribution in [2.24, 2.45) is 0 Å². The van der Waals surface area contributed by atoms with Gasteiger partial charge in [-0.25, -0.2) is 4.98 Å². The van der Waals surface area contributed by atoms with Crippen LogP contribution in [0.2, 0.25) is 0 Å². The van der Waals surface area contributed by atoms with E-state index in [0.717, 1.165) is 16.7 Å². The van der Waals surface area contributed by atoms with E-state index in [9.17, 15) is 18.0 Å². The first-order valence-corrected chi connectivity index (χ1v) is 4.23. The predicted octanol–water partition coefficient (Wildman–Crippen LogP) is 1.12. The van der Waals surface area contributed by atoms with Gasteiger partial charge < -0.3 is 4.74 Å². The molecule has 0 spiro atoms. The predicted molar refractivity (Wildman–Crippen MR) is 50.8 cm³/mol. The summed E-state index contributed by atoms with van der Waals surface area (Å²) in [5.41, 5.74) is -2.41. The minimum atomic E-state index is -4.81. The van der Waals surface area contributed by atoms with Crippen molar-refractivity contribution >= 4 is 5.78 Å². The maximum Gasteiger partial charge on any atom is 0.433 e. The fourth-order valence-corrected chi connectivity index (χ4v) is 1.17. The normalized spacial score (nSPS) is 15.1. The van der Waals surface area contributed by atoms with Gasteiger partial charge in [-0.2, -0.15) is 18.2 Å². The lowest BCUT2D eigenvalue weighted by Crippen LogP contribution is -2.20. The summed E-state index contributed by atoms with van der Waals surface area (Å²) < 4.78 is 63.3. The molecule has 5 nitrogen and oxygen atoms in total. The number of fused-ring (bicyclic) bond motifs is 1. The molecule has 2 aromatic heterocycles. The number of hydrogen-bond acceptors (Lipinski definition) is 4. The van der Waals surface area contributed by atoms with Gasteiger partial charge in [0.15, 0.2) is 5.69 Å². The van der Waals surface area contributed by atoms with Crippen molar-refractivity contribution < 1.29 is 22.0 Å². The molecule has 90 valence electrons. The Balaban J connectivity index is 2.58. The highest BCUT2D eigenvalue weighted by Gasteiger charge is 2.33. The minimum absolute atomic E-state index is 0.318. The molecule has 0 unspecified atom stereocenters. The molecule has 0 amide bonds. The maximum absolute atomic E-state index is 12.5. The molecule has 0 bridgehead atoms. The Labute approximate surface area is 96.7 Å². The van der Waals surface area contributed by atoms with E-state index in [0.29, 0.717) is 6.07 Å². The van der Waals surface area contributed by atoms with Gasteiger partial charge >= 0.3 is 6.18 Å². The Morgan fingerprint density at radius 2 is 2.24 bits per heavy atom. The maximum atomic E-state index is 12.5. The van der Waals surface area contributed by atoms with Gasteiger partial charge in [-0.15, -0.1) is 0 Å². The van der Waals surface area contributed by atoms with Crippen LogP contribution in [0, 0.1) is 0 Å². The lowest BCUT2D eigenvalue weighted by atomic mass is 10.4. The fraction of sp³-hybridized carbons (Fsp3) is 0.222. The fourth-order valence-electron chi connectivity index (χ4n) is 1.17. The highest BCUT2D eigenvalue weighted by molar-refractivity contribution is 5.32. The molecule has 0 radical (unpaired) electrons. The third-order valence-corrected chi connectivity index (χ3v) is 1.90. The first-order chi connectivity index (χ1) is 9.06. The summed E-state index contributed by atoms with van der Waals surface area (Å²) >= 11 is 0. The summed E-state index contributed by atoms with van der Waals surface area (Å²) in [6, 6.07) is 1.36. The lowest BCUT2D eigenvalue weighted by molar-refractivity contribution is -0.141. The van der Waals surface area contributed by atoms with E-state index in [-0.39, 0.29) is 0 Å². The smallest absolute Gasteiger partial charge is 0.433 e. The molecule has 17 heavy (non-hydrogen) atoms. The summed E-state index contributed by atoms with van der Waals surface area (Å²) in [4.78, 5) is 18.1. The molecule has 0 aromatic carbocycles. The Hall–Kier alpha value is -2.12. The zero-order valence-corrected chi connectivity index (χ0v) is 8.02. The molecule has 0 saturated carbocycles. The van der Waals surface area contributed by atoms with E-state index < -0.39 is 36.1 Å². The minimum Gasteiger partial charge on any atom is -0.481 e. The zero-order valence-electron chi connectivity index (χ0n) is 11.0. The first-order valence-electron chi connectivity index (χ1n) is 5.73. The van der Waals surface area contributed by atoms with Crippen LogP contribution in [-0.4, -0.2) is 21.4 Å². The van der Waals surface area contributed by atoms with Crippen molar-refractivity contribution in [3.63, 3.8) is 0 Å². The van der Waals surface area contributed by atoms with E-state index in [1.807, 2.05) is 0 Å². The SMILES string of the molecule is [2H]C([2H])([2H])Oc1ccn2c(=O)cc(C(F)(F)F)nc2n1. The summed E-state index contributed by atoms with van der Waals surface area (Å²) in [6.45, 7) is 0. The number of aromatic nitrogens is 3. The summed E-state index contributed by atoms with van der Waals surface area (Å²) in [5.74, 6) is -1.07. The highest BCUT2D eigenvalue weighted by atomic mass is 19.4. The number of hydrogen-bond donors (Lipinski definition) is 0. The third kappa shape index (κ3) is 2.05. The number of ether oxygens (including phenoxy) is 1. The van der Waals surface area contributed by atoms with Gasteiger partial charge in [0.1, 0.15) is 0 Å². The second-order valence-electron chi connectivity index (χ2n) is 3.02. The van der Waals surface area contributed by atoms with Crippen LogP contribution >= 0.6 is 0 Å². The molecule has 2 aromatic rings. The van der Waals surface area contributed by atoms with Gasteiger partial charge in [0, 0.05) is 18.3 Å². The molecular weight excluding hydrogens is 239 g/mol. The van der Waals surface area contributed by atoms with Crippen LogP contribution in [-0.2, 0) is 6.18 Å². The first kappa shape index (κ1) is 8.04. The van der Waals surface area contributed by atoms with E-state index in [4.69, 9.17) is 4.11 Å². The van der Waals surface area contributed by atoms with Crippen LogP contribution in [0.1, 0.15) is 9.81 Å². The molecule has 0 fully saturated rings. The quantitative estimate of drug-likeness (QED) is 0.758. The topological polar surface area (TPSA) is 56.5 Å².